The van der Waals surface area contributed by atoms with E-state index in [1.165, 1.54) is 0 Å². The molecule has 7 heteroatoms. The van der Waals surface area contributed by atoms with Gasteiger partial charge >= 0.3 is 0 Å². The molecule has 0 radical (unpaired) electrons. The van der Waals surface area contributed by atoms with E-state index >= 15 is 0 Å². The predicted molar refractivity (Wildman–Crippen MR) is 90.0 cm³/mol. The maximum absolute atomic E-state index is 12.4. The normalized spacial score (nSPS) is 12.9. The summed E-state index contributed by atoms with van der Waals surface area (Å²) in [4.78, 5) is 12.4. The minimum Gasteiger partial charge on any atom is -0.494 e. The number of halogens is 1. The number of aromatic amines is 1. The minimum absolute atomic E-state index is 0. The standard InChI is InChI=1S/C16H20N4O2.ClH/c1-2-22-14-6-4-3-5-11(14)9-18-16(21)15-12-10-17-8-7-13(12)19-20-15;/h3-6,17H,2,7-10H2,1H3,(H,18,21)(H,19,20);1H. The maximum Gasteiger partial charge on any atom is 0.272 e. The Morgan fingerprint density at radius 3 is 3.04 bits per heavy atom. The number of rotatable bonds is 5. The topological polar surface area (TPSA) is 79.0 Å². The van der Waals surface area contributed by atoms with E-state index in [-0.39, 0.29) is 18.3 Å². The molecule has 0 atom stereocenters. The number of nitrogens with one attached hydrogen (secondary N) is 3. The second-order valence-corrected chi connectivity index (χ2v) is 5.18. The number of hydrogen-bond donors (Lipinski definition) is 3. The van der Waals surface area contributed by atoms with Crippen molar-refractivity contribution in [2.75, 3.05) is 13.2 Å². The van der Waals surface area contributed by atoms with Gasteiger partial charge in [0.1, 0.15) is 5.75 Å². The van der Waals surface area contributed by atoms with Crippen LogP contribution in [0, 0.1) is 0 Å². The summed E-state index contributed by atoms with van der Waals surface area (Å²) >= 11 is 0. The highest BCUT2D eigenvalue weighted by molar-refractivity contribution is 5.94. The highest BCUT2D eigenvalue weighted by atomic mass is 35.5. The molecule has 23 heavy (non-hydrogen) atoms. The van der Waals surface area contributed by atoms with Crippen LogP contribution in [0.15, 0.2) is 24.3 Å². The van der Waals surface area contributed by atoms with Crippen molar-refractivity contribution >= 4 is 18.3 Å². The molecule has 3 rings (SSSR count). The van der Waals surface area contributed by atoms with E-state index in [0.717, 1.165) is 35.5 Å². The first-order valence-corrected chi connectivity index (χ1v) is 7.55. The zero-order valence-electron chi connectivity index (χ0n) is 13.0. The lowest BCUT2D eigenvalue weighted by Gasteiger charge is -2.13. The Hall–Kier alpha value is -2.05. The number of para-hydroxylation sites is 1. The third-order valence-electron chi connectivity index (χ3n) is 3.73. The van der Waals surface area contributed by atoms with Crippen molar-refractivity contribution in [2.24, 2.45) is 0 Å². The number of nitrogens with zero attached hydrogens (tertiary/aromatic N) is 1. The predicted octanol–water partition coefficient (Wildman–Crippen LogP) is 1.81. The molecule has 6 nitrogen and oxygen atoms in total. The van der Waals surface area contributed by atoms with Crippen molar-refractivity contribution in [3.8, 4) is 5.75 Å². The van der Waals surface area contributed by atoms with Crippen LogP contribution in [0.4, 0.5) is 0 Å². The van der Waals surface area contributed by atoms with Gasteiger partial charge in [0.05, 0.1) is 6.61 Å². The Kier molecular flexibility index (Phi) is 6.01. The van der Waals surface area contributed by atoms with E-state index in [2.05, 4.69) is 20.8 Å². The van der Waals surface area contributed by atoms with Crippen molar-refractivity contribution in [3.05, 3.63) is 46.8 Å². The van der Waals surface area contributed by atoms with Gasteiger partial charge in [0.15, 0.2) is 5.69 Å². The molecule has 3 N–H and O–H groups in total. The molecule has 1 aliphatic rings. The van der Waals surface area contributed by atoms with Gasteiger partial charge in [-0.1, -0.05) is 18.2 Å². The third-order valence-corrected chi connectivity index (χ3v) is 3.73. The van der Waals surface area contributed by atoms with Crippen molar-refractivity contribution in [1.29, 1.82) is 0 Å². The molecule has 0 spiro atoms. The molecule has 2 aromatic rings. The lowest BCUT2D eigenvalue weighted by atomic mass is 10.1. The SMILES string of the molecule is CCOc1ccccc1CNC(=O)c1n[nH]c2c1CNCC2.Cl. The Morgan fingerprint density at radius 2 is 2.22 bits per heavy atom. The number of fused-ring (bicyclic) bond motifs is 1. The van der Waals surface area contributed by atoms with Gasteiger partial charge in [-0.3, -0.25) is 9.89 Å². The molecule has 1 amide bonds. The summed E-state index contributed by atoms with van der Waals surface area (Å²) in [5.74, 6) is 0.642. The number of benzene rings is 1. The molecule has 0 saturated heterocycles. The van der Waals surface area contributed by atoms with Gasteiger partial charge in [-0.25, -0.2) is 0 Å². The first kappa shape index (κ1) is 17.3. The molecule has 2 heterocycles. The van der Waals surface area contributed by atoms with E-state index in [4.69, 9.17) is 4.74 Å². The molecule has 0 unspecified atom stereocenters. The van der Waals surface area contributed by atoms with Gasteiger partial charge in [0.2, 0.25) is 0 Å². The van der Waals surface area contributed by atoms with Crippen molar-refractivity contribution in [2.45, 2.75) is 26.4 Å². The van der Waals surface area contributed by atoms with Crippen LogP contribution in [0.1, 0.15) is 34.2 Å². The number of hydrogen-bond acceptors (Lipinski definition) is 4. The summed E-state index contributed by atoms with van der Waals surface area (Å²) < 4.78 is 5.57. The second kappa shape index (κ2) is 7.99. The quantitative estimate of drug-likeness (QED) is 0.778. The van der Waals surface area contributed by atoms with Crippen LogP contribution in [0.3, 0.4) is 0 Å². The second-order valence-electron chi connectivity index (χ2n) is 5.18. The van der Waals surface area contributed by atoms with E-state index in [0.29, 0.717) is 25.4 Å². The van der Waals surface area contributed by atoms with Crippen molar-refractivity contribution < 1.29 is 9.53 Å². The smallest absolute Gasteiger partial charge is 0.272 e. The van der Waals surface area contributed by atoms with Gasteiger partial charge in [-0.05, 0) is 13.0 Å². The summed E-state index contributed by atoms with van der Waals surface area (Å²) in [7, 11) is 0. The molecule has 1 aromatic heterocycles. The molecular weight excluding hydrogens is 316 g/mol. The molecule has 0 bridgehead atoms. The van der Waals surface area contributed by atoms with Gasteiger partial charge in [0.25, 0.3) is 5.91 Å². The zero-order chi connectivity index (χ0) is 15.4. The summed E-state index contributed by atoms with van der Waals surface area (Å²) in [5, 5.41) is 13.3. The van der Waals surface area contributed by atoms with Crippen LogP contribution in [-0.2, 0) is 19.5 Å². The summed E-state index contributed by atoms with van der Waals surface area (Å²) in [6, 6.07) is 7.72. The van der Waals surface area contributed by atoms with E-state index < -0.39 is 0 Å². The van der Waals surface area contributed by atoms with Crippen LogP contribution in [0.2, 0.25) is 0 Å². The Morgan fingerprint density at radius 1 is 1.39 bits per heavy atom. The summed E-state index contributed by atoms with van der Waals surface area (Å²) in [6.07, 6.45) is 0.878. The molecule has 1 aromatic carbocycles. The third kappa shape index (κ3) is 3.83. The van der Waals surface area contributed by atoms with Crippen molar-refractivity contribution in [1.82, 2.24) is 20.8 Å². The summed E-state index contributed by atoms with van der Waals surface area (Å²) in [6.45, 7) is 4.56. The summed E-state index contributed by atoms with van der Waals surface area (Å²) in [5.41, 5.74) is 3.47. The van der Waals surface area contributed by atoms with Crippen LogP contribution in [-0.4, -0.2) is 29.3 Å². The van der Waals surface area contributed by atoms with Crippen LogP contribution in [0.5, 0.6) is 5.75 Å². The monoisotopic (exact) mass is 336 g/mol. The number of ether oxygens (including phenoxy) is 1. The van der Waals surface area contributed by atoms with Crippen LogP contribution in [0.25, 0.3) is 0 Å². The first-order chi connectivity index (χ1) is 10.8. The van der Waals surface area contributed by atoms with Crippen LogP contribution >= 0.6 is 12.4 Å². The number of H-pyrrole nitrogens is 1. The lowest BCUT2D eigenvalue weighted by molar-refractivity contribution is 0.0944. The van der Waals surface area contributed by atoms with Gasteiger partial charge in [-0.15, -0.1) is 12.4 Å². The average molecular weight is 337 g/mol. The number of aromatic nitrogens is 2. The Labute approximate surface area is 141 Å². The molecule has 1 aliphatic heterocycles. The fourth-order valence-corrected chi connectivity index (χ4v) is 2.62. The number of carbonyl (C=O) groups excluding carboxylic acids is 1. The van der Waals surface area contributed by atoms with Crippen molar-refractivity contribution in [3.63, 3.8) is 0 Å². The molecule has 0 aliphatic carbocycles. The van der Waals surface area contributed by atoms with E-state index in [9.17, 15) is 4.79 Å². The minimum atomic E-state index is -0.160. The maximum atomic E-state index is 12.4. The fraction of sp³-hybridized carbons (Fsp3) is 0.375. The van der Waals surface area contributed by atoms with Crippen LogP contribution < -0.4 is 15.4 Å². The molecular formula is C16H21ClN4O2. The number of carbonyl (C=O) groups is 1. The van der Waals surface area contributed by atoms with Gasteiger partial charge < -0.3 is 15.4 Å². The van der Waals surface area contributed by atoms with Gasteiger partial charge in [-0.2, -0.15) is 5.10 Å². The average Bonchev–Trinajstić information content (AvgIpc) is 2.98. The fourth-order valence-electron chi connectivity index (χ4n) is 2.62. The van der Waals surface area contributed by atoms with E-state index in [1.54, 1.807) is 0 Å². The highest BCUT2D eigenvalue weighted by Crippen LogP contribution is 2.18. The Balaban J connectivity index is 0.00000192. The molecule has 0 fully saturated rings. The largest absolute Gasteiger partial charge is 0.494 e. The number of amides is 1. The first-order valence-electron chi connectivity index (χ1n) is 7.55. The molecule has 0 saturated carbocycles. The zero-order valence-corrected chi connectivity index (χ0v) is 13.8. The molecule has 124 valence electrons. The van der Waals surface area contributed by atoms with Gasteiger partial charge in [0, 0.05) is 42.9 Å². The van der Waals surface area contributed by atoms with E-state index in [1.807, 2.05) is 31.2 Å². The lowest BCUT2D eigenvalue weighted by Crippen LogP contribution is -2.28. The Bertz CT molecular complexity index is 672. The highest BCUT2D eigenvalue weighted by Gasteiger charge is 2.21.